The van der Waals surface area contributed by atoms with Crippen molar-refractivity contribution in [3.05, 3.63) is 23.7 Å². The van der Waals surface area contributed by atoms with Crippen molar-refractivity contribution >= 4 is 5.91 Å². The highest BCUT2D eigenvalue weighted by Crippen LogP contribution is 2.47. The van der Waals surface area contributed by atoms with Crippen LogP contribution in [0.4, 0.5) is 0 Å². The van der Waals surface area contributed by atoms with Gasteiger partial charge in [-0.05, 0) is 37.3 Å². The fraction of sp³-hybridized carbons (Fsp3) is 0.688. The maximum Gasteiger partial charge on any atom is 0.223 e. The third-order valence-corrected chi connectivity index (χ3v) is 4.49. The minimum atomic E-state index is -0.348. The van der Waals surface area contributed by atoms with E-state index in [4.69, 9.17) is 4.42 Å². The second-order valence-corrected chi connectivity index (χ2v) is 6.26. The molecule has 1 N–H and O–H groups in total. The Labute approximate surface area is 119 Å². The molecule has 20 heavy (non-hydrogen) atoms. The van der Waals surface area contributed by atoms with Crippen molar-refractivity contribution < 1.29 is 14.3 Å². The number of piperidine rings is 1. The number of aliphatic hydroxyl groups excluding tert-OH is 1. The number of β-amino-alcohol motifs (C(OH)–C–C–N with tert-alkyl or cyclic N) is 1. The predicted molar refractivity (Wildman–Crippen MR) is 75.4 cm³/mol. The smallest absolute Gasteiger partial charge is 0.223 e. The van der Waals surface area contributed by atoms with Gasteiger partial charge in [0, 0.05) is 31.8 Å². The first-order valence-corrected chi connectivity index (χ1v) is 7.68. The SMILES string of the molecule is C[C@@H]1C[C@H]1c1ccc(CCC(=O)N2CCC[C@H](O)C2)o1. The second kappa shape index (κ2) is 5.60. The molecule has 3 atom stereocenters. The molecule has 1 saturated carbocycles. The van der Waals surface area contributed by atoms with E-state index >= 15 is 0 Å². The van der Waals surface area contributed by atoms with Crippen LogP contribution < -0.4 is 0 Å². The lowest BCUT2D eigenvalue weighted by Gasteiger charge is -2.30. The molecule has 0 aromatic carbocycles. The van der Waals surface area contributed by atoms with Crippen molar-refractivity contribution in [1.82, 2.24) is 4.90 Å². The summed E-state index contributed by atoms with van der Waals surface area (Å²) in [6, 6.07) is 4.05. The number of carbonyl (C=O) groups is 1. The summed E-state index contributed by atoms with van der Waals surface area (Å²) in [6.07, 6.45) is 3.71. The lowest BCUT2D eigenvalue weighted by atomic mass is 10.1. The molecular formula is C16H23NO3. The van der Waals surface area contributed by atoms with Gasteiger partial charge in [0.25, 0.3) is 0 Å². The maximum atomic E-state index is 12.1. The fourth-order valence-corrected chi connectivity index (χ4v) is 3.02. The van der Waals surface area contributed by atoms with E-state index in [1.54, 1.807) is 4.90 Å². The van der Waals surface area contributed by atoms with Crippen LogP contribution in [0.1, 0.15) is 50.0 Å². The highest BCUT2D eigenvalue weighted by Gasteiger charge is 2.36. The first kappa shape index (κ1) is 13.7. The molecule has 110 valence electrons. The van der Waals surface area contributed by atoms with Gasteiger partial charge in [0.2, 0.25) is 5.91 Å². The standard InChI is InChI=1S/C16H23NO3/c1-11-9-14(11)15-6-4-13(20-15)5-7-16(19)17-8-2-3-12(18)10-17/h4,6,11-12,14,18H,2-3,5,7-10H2,1H3/t11-,12+,14-/m1/s1. The van der Waals surface area contributed by atoms with Crippen LogP contribution in [-0.2, 0) is 11.2 Å². The minimum Gasteiger partial charge on any atom is -0.466 e. The molecule has 3 rings (SSSR count). The highest BCUT2D eigenvalue weighted by molar-refractivity contribution is 5.76. The number of aliphatic hydroxyl groups is 1. The number of nitrogens with zero attached hydrogens (tertiary/aromatic N) is 1. The molecule has 2 fully saturated rings. The van der Waals surface area contributed by atoms with Crippen LogP contribution in [0.2, 0.25) is 0 Å². The van der Waals surface area contributed by atoms with Gasteiger partial charge in [-0.2, -0.15) is 0 Å². The number of hydrogen-bond donors (Lipinski definition) is 1. The first-order chi connectivity index (χ1) is 9.63. The average Bonchev–Trinajstić information content (AvgIpc) is 2.99. The molecule has 0 radical (unpaired) electrons. The number of carbonyl (C=O) groups excluding carboxylic acids is 1. The highest BCUT2D eigenvalue weighted by atomic mass is 16.3. The van der Waals surface area contributed by atoms with Crippen LogP contribution in [0.5, 0.6) is 0 Å². The molecular weight excluding hydrogens is 254 g/mol. The molecule has 1 aromatic rings. The molecule has 1 aliphatic carbocycles. The van der Waals surface area contributed by atoms with Crippen molar-refractivity contribution in [2.75, 3.05) is 13.1 Å². The van der Waals surface area contributed by atoms with Gasteiger partial charge in [-0.3, -0.25) is 4.79 Å². The van der Waals surface area contributed by atoms with Crippen LogP contribution in [0.15, 0.2) is 16.5 Å². The van der Waals surface area contributed by atoms with Crippen LogP contribution in [-0.4, -0.2) is 35.1 Å². The van der Waals surface area contributed by atoms with Gasteiger partial charge >= 0.3 is 0 Å². The van der Waals surface area contributed by atoms with Gasteiger partial charge in [0.15, 0.2) is 0 Å². The van der Waals surface area contributed by atoms with Crippen LogP contribution in [0.25, 0.3) is 0 Å². The zero-order valence-electron chi connectivity index (χ0n) is 12.0. The van der Waals surface area contributed by atoms with Crippen LogP contribution in [0, 0.1) is 5.92 Å². The zero-order chi connectivity index (χ0) is 14.1. The second-order valence-electron chi connectivity index (χ2n) is 6.26. The van der Waals surface area contributed by atoms with Crippen molar-refractivity contribution in [3.63, 3.8) is 0 Å². The van der Waals surface area contributed by atoms with Crippen molar-refractivity contribution in [3.8, 4) is 0 Å². The molecule has 4 heteroatoms. The van der Waals surface area contributed by atoms with Gasteiger partial charge < -0.3 is 14.4 Å². The Balaban J connectivity index is 1.48. The number of rotatable bonds is 4. The summed E-state index contributed by atoms with van der Waals surface area (Å²) in [5.74, 6) is 3.45. The largest absolute Gasteiger partial charge is 0.466 e. The Morgan fingerprint density at radius 2 is 2.30 bits per heavy atom. The summed E-state index contributed by atoms with van der Waals surface area (Å²) in [7, 11) is 0. The molecule has 0 bridgehead atoms. The fourth-order valence-electron chi connectivity index (χ4n) is 3.02. The molecule has 4 nitrogen and oxygen atoms in total. The summed E-state index contributed by atoms with van der Waals surface area (Å²) >= 11 is 0. The van der Waals surface area contributed by atoms with Crippen molar-refractivity contribution in [2.24, 2.45) is 5.92 Å². The molecule has 1 aromatic heterocycles. The summed E-state index contributed by atoms with van der Waals surface area (Å²) in [5.41, 5.74) is 0. The summed E-state index contributed by atoms with van der Waals surface area (Å²) < 4.78 is 5.82. The Morgan fingerprint density at radius 1 is 1.50 bits per heavy atom. The third kappa shape index (κ3) is 3.06. The van der Waals surface area contributed by atoms with Crippen molar-refractivity contribution in [2.45, 2.75) is 51.0 Å². The number of furan rings is 1. The van der Waals surface area contributed by atoms with Crippen LogP contribution in [0.3, 0.4) is 0 Å². The van der Waals surface area contributed by atoms with E-state index in [0.717, 1.165) is 36.8 Å². The Hall–Kier alpha value is -1.29. The van der Waals surface area contributed by atoms with Gasteiger partial charge in [-0.15, -0.1) is 0 Å². The normalized spacial score (nSPS) is 29.5. The van der Waals surface area contributed by atoms with E-state index in [-0.39, 0.29) is 12.0 Å². The summed E-state index contributed by atoms with van der Waals surface area (Å²) in [4.78, 5) is 13.9. The van der Waals surface area contributed by atoms with Gasteiger partial charge in [0.1, 0.15) is 11.5 Å². The number of aryl methyl sites for hydroxylation is 1. The van der Waals surface area contributed by atoms with E-state index in [1.807, 2.05) is 6.07 Å². The summed E-state index contributed by atoms with van der Waals surface area (Å²) in [5, 5.41) is 9.60. The van der Waals surface area contributed by atoms with E-state index in [0.29, 0.717) is 25.3 Å². The Morgan fingerprint density at radius 3 is 3.00 bits per heavy atom. The first-order valence-electron chi connectivity index (χ1n) is 7.68. The van der Waals surface area contributed by atoms with E-state index in [9.17, 15) is 9.90 Å². The quantitative estimate of drug-likeness (QED) is 0.919. The maximum absolute atomic E-state index is 12.1. The average molecular weight is 277 g/mol. The summed E-state index contributed by atoms with van der Waals surface area (Å²) in [6.45, 7) is 3.50. The van der Waals surface area contributed by atoms with Gasteiger partial charge in [0.05, 0.1) is 6.10 Å². The van der Waals surface area contributed by atoms with Gasteiger partial charge in [-0.1, -0.05) is 6.92 Å². The molecule has 1 amide bonds. The molecule has 1 saturated heterocycles. The monoisotopic (exact) mass is 277 g/mol. The third-order valence-electron chi connectivity index (χ3n) is 4.49. The van der Waals surface area contributed by atoms with Crippen LogP contribution >= 0.6 is 0 Å². The minimum absolute atomic E-state index is 0.126. The number of hydrogen-bond acceptors (Lipinski definition) is 3. The Kier molecular flexibility index (Phi) is 3.83. The molecule has 2 heterocycles. The number of amides is 1. The van der Waals surface area contributed by atoms with E-state index < -0.39 is 0 Å². The predicted octanol–water partition coefficient (Wildman–Crippen LogP) is 2.32. The van der Waals surface area contributed by atoms with E-state index in [2.05, 4.69) is 13.0 Å². The molecule has 0 spiro atoms. The molecule has 0 unspecified atom stereocenters. The molecule has 1 aliphatic heterocycles. The lowest BCUT2D eigenvalue weighted by Crippen LogP contribution is -2.42. The zero-order valence-corrected chi connectivity index (χ0v) is 12.0. The molecule has 2 aliphatic rings. The Bertz CT molecular complexity index is 482. The lowest BCUT2D eigenvalue weighted by molar-refractivity contribution is -0.134. The van der Waals surface area contributed by atoms with Gasteiger partial charge in [-0.25, -0.2) is 0 Å². The van der Waals surface area contributed by atoms with Crippen molar-refractivity contribution in [1.29, 1.82) is 0 Å². The number of likely N-dealkylation sites (tertiary alicyclic amines) is 1. The van der Waals surface area contributed by atoms with E-state index in [1.165, 1.54) is 6.42 Å². The topological polar surface area (TPSA) is 53.7 Å².